The summed E-state index contributed by atoms with van der Waals surface area (Å²) in [6.07, 6.45) is 7.96. The highest BCUT2D eigenvalue weighted by Crippen LogP contribution is 2.43. The molecular formula is C24H25N5O3. The van der Waals surface area contributed by atoms with E-state index in [1.54, 1.807) is 44.4 Å². The van der Waals surface area contributed by atoms with E-state index in [0.717, 1.165) is 16.8 Å². The molecule has 2 amide bonds. The minimum absolute atomic E-state index is 0.212. The van der Waals surface area contributed by atoms with Gasteiger partial charge in [0.1, 0.15) is 5.75 Å². The maximum atomic E-state index is 12.6. The summed E-state index contributed by atoms with van der Waals surface area (Å²) in [6.45, 7) is 4.41. The number of hydrogen-bond acceptors (Lipinski definition) is 5. The van der Waals surface area contributed by atoms with E-state index in [-0.39, 0.29) is 11.8 Å². The van der Waals surface area contributed by atoms with Crippen LogP contribution in [0.2, 0.25) is 0 Å². The molecule has 1 fully saturated rings. The van der Waals surface area contributed by atoms with Gasteiger partial charge in [-0.15, -0.1) is 0 Å². The van der Waals surface area contributed by atoms with Crippen LogP contribution in [0, 0.1) is 0 Å². The molecule has 32 heavy (non-hydrogen) atoms. The molecule has 5 rings (SSSR count). The van der Waals surface area contributed by atoms with Crippen LogP contribution in [0.4, 0.5) is 5.69 Å². The molecule has 3 aromatic rings. The van der Waals surface area contributed by atoms with E-state index in [4.69, 9.17) is 9.84 Å². The first-order chi connectivity index (χ1) is 15.4. The number of carbonyl (C=O) groups excluding carboxylic acids is 2. The molecule has 1 aliphatic carbocycles. The van der Waals surface area contributed by atoms with Crippen molar-refractivity contribution in [2.24, 2.45) is 0 Å². The fourth-order valence-electron chi connectivity index (χ4n) is 3.80. The number of hydrogen-bond donors (Lipinski definition) is 2. The van der Waals surface area contributed by atoms with Crippen LogP contribution < -0.4 is 15.4 Å². The number of aromatic nitrogens is 3. The van der Waals surface area contributed by atoms with Gasteiger partial charge in [0, 0.05) is 42.2 Å². The van der Waals surface area contributed by atoms with E-state index in [9.17, 15) is 9.59 Å². The molecule has 164 valence electrons. The smallest absolute Gasteiger partial charge is 0.268 e. The Hall–Kier alpha value is -3.68. The Morgan fingerprint density at radius 2 is 2.03 bits per heavy atom. The SMILES string of the molecule is CC1(C)Oc2ccc(C(=O)NCCn3cc(-c4ccncc4)c(C4CC4)n3)cc2NC1=O. The second kappa shape index (κ2) is 7.78. The van der Waals surface area contributed by atoms with E-state index in [0.29, 0.717) is 36.0 Å². The third kappa shape index (κ3) is 3.95. The van der Waals surface area contributed by atoms with E-state index in [1.807, 2.05) is 23.0 Å². The summed E-state index contributed by atoms with van der Waals surface area (Å²) in [5.74, 6) is 0.624. The summed E-state index contributed by atoms with van der Waals surface area (Å²) in [4.78, 5) is 28.9. The van der Waals surface area contributed by atoms with Gasteiger partial charge in [-0.05, 0) is 62.6 Å². The molecule has 2 N–H and O–H groups in total. The van der Waals surface area contributed by atoms with Gasteiger partial charge in [-0.25, -0.2) is 0 Å². The molecule has 8 nitrogen and oxygen atoms in total. The highest BCUT2D eigenvalue weighted by molar-refractivity contribution is 6.02. The molecule has 0 spiro atoms. The fourth-order valence-corrected chi connectivity index (χ4v) is 3.80. The van der Waals surface area contributed by atoms with Crippen molar-refractivity contribution in [1.29, 1.82) is 0 Å². The van der Waals surface area contributed by atoms with Crippen molar-refractivity contribution in [3.8, 4) is 16.9 Å². The number of carbonyl (C=O) groups is 2. The van der Waals surface area contributed by atoms with Crippen molar-refractivity contribution in [2.45, 2.75) is 44.8 Å². The number of rotatable bonds is 6. The number of anilines is 1. The Morgan fingerprint density at radius 3 is 2.78 bits per heavy atom. The predicted molar refractivity (Wildman–Crippen MR) is 120 cm³/mol. The van der Waals surface area contributed by atoms with Crippen LogP contribution in [0.15, 0.2) is 48.9 Å². The topological polar surface area (TPSA) is 98.1 Å². The molecule has 2 aliphatic rings. The monoisotopic (exact) mass is 431 g/mol. The Bertz CT molecular complexity index is 1180. The second-order valence-electron chi connectivity index (χ2n) is 8.73. The summed E-state index contributed by atoms with van der Waals surface area (Å²) in [5, 5.41) is 10.5. The molecule has 8 heteroatoms. The number of pyridine rings is 1. The normalized spacial score (nSPS) is 16.6. The molecule has 1 aliphatic heterocycles. The fraction of sp³-hybridized carbons (Fsp3) is 0.333. The zero-order valence-corrected chi connectivity index (χ0v) is 18.1. The number of fused-ring (bicyclic) bond motifs is 1. The molecule has 0 radical (unpaired) electrons. The Labute approximate surface area is 186 Å². The summed E-state index contributed by atoms with van der Waals surface area (Å²) in [7, 11) is 0. The number of ether oxygens (including phenoxy) is 1. The summed E-state index contributed by atoms with van der Waals surface area (Å²) in [6, 6.07) is 9.03. The van der Waals surface area contributed by atoms with Gasteiger partial charge in [0.05, 0.1) is 17.9 Å². The molecule has 0 atom stereocenters. The molecule has 2 aromatic heterocycles. The highest BCUT2D eigenvalue weighted by atomic mass is 16.5. The third-order valence-corrected chi connectivity index (χ3v) is 5.77. The van der Waals surface area contributed by atoms with Crippen molar-refractivity contribution in [3.63, 3.8) is 0 Å². The van der Waals surface area contributed by atoms with E-state index < -0.39 is 5.60 Å². The number of nitrogens with one attached hydrogen (secondary N) is 2. The molecule has 0 unspecified atom stereocenters. The van der Waals surface area contributed by atoms with Crippen LogP contribution in [0.25, 0.3) is 11.1 Å². The number of nitrogens with zero attached hydrogens (tertiary/aromatic N) is 3. The van der Waals surface area contributed by atoms with Crippen molar-refractivity contribution in [1.82, 2.24) is 20.1 Å². The van der Waals surface area contributed by atoms with Crippen molar-refractivity contribution >= 4 is 17.5 Å². The van der Waals surface area contributed by atoms with Gasteiger partial charge < -0.3 is 15.4 Å². The minimum Gasteiger partial charge on any atom is -0.476 e. The van der Waals surface area contributed by atoms with Crippen molar-refractivity contribution in [3.05, 3.63) is 60.2 Å². The Morgan fingerprint density at radius 1 is 1.25 bits per heavy atom. The second-order valence-corrected chi connectivity index (χ2v) is 8.73. The quantitative estimate of drug-likeness (QED) is 0.624. The maximum Gasteiger partial charge on any atom is 0.268 e. The van der Waals surface area contributed by atoms with Gasteiger partial charge in [-0.3, -0.25) is 19.3 Å². The maximum absolute atomic E-state index is 12.6. The molecule has 0 bridgehead atoms. The highest BCUT2D eigenvalue weighted by Gasteiger charge is 2.35. The average molecular weight is 431 g/mol. The number of amides is 2. The summed E-state index contributed by atoms with van der Waals surface area (Å²) in [5.41, 5.74) is 3.40. The molecule has 0 saturated heterocycles. The molecule has 1 saturated carbocycles. The third-order valence-electron chi connectivity index (χ3n) is 5.77. The zero-order valence-electron chi connectivity index (χ0n) is 18.1. The summed E-state index contributed by atoms with van der Waals surface area (Å²) < 4.78 is 7.62. The zero-order chi connectivity index (χ0) is 22.3. The Balaban J connectivity index is 1.24. The lowest BCUT2D eigenvalue weighted by molar-refractivity contribution is -0.129. The van der Waals surface area contributed by atoms with Gasteiger partial charge in [-0.1, -0.05) is 0 Å². The van der Waals surface area contributed by atoms with Gasteiger partial charge in [0.2, 0.25) is 0 Å². The summed E-state index contributed by atoms with van der Waals surface area (Å²) >= 11 is 0. The Kier molecular flexibility index (Phi) is 4.92. The lowest BCUT2D eigenvalue weighted by Crippen LogP contribution is -2.45. The predicted octanol–water partition coefficient (Wildman–Crippen LogP) is 3.36. The molecule has 1 aromatic carbocycles. The van der Waals surface area contributed by atoms with E-state index in [1.165, 1.54) is 12.8 Å². The van der Waals surface area contributed by atoms with Crippen LogP contribution in [0.3, 0.4) is 0 Å². The van der Waals surface area contributed by atoms with Gasteiger partial charge in [0.25, 0.3) is 11.8 Å². The number of benzene rings is 1. The first-order valence-corrected chi connectivity index (χ1v) is 10.8. The van der Waals surface area contributed by atoms with E-state index >= 15 is 0 Å². The largest absolute Gasteiger partial charge is 0.476 e. The van der Waals surface area contributed by atoms with Crippen LogP contribution in [0.1, 0.15) is 48.7 Å². The minimum atomic E-state index is -0.936. The van der Waals surface area contributed by atoms with Gasteiger partial charge in [0.15, 0.2) is 5.60 Å². The van der Waals surface area contributed by atoms with Gasteiger partial charge in [-0.2, -0.15) is 5.10 Å². The van der Waals surface area contributed by atoms with Crippen molar-refractivity contribution < 1.29 is 14.3 Å². The average Bonchev–Trinajstić information content (AvgIpc) is 3.54. The van der Waals surface area contributed by atoms with Crippen LogP contribution in [0.5, 0.6) is 5.75 Å². The molecular weight excluding hydrogens is 406 g/mol. The first-order valence-electron chi connectivity index (χ1n) is 10.8. The lowest BCUT2D eigenvalue weighted by Gasteiger charge is -2.31. The van der Waals surface area contributed by atoms with Crippen LogP contribution >= 0.6 is 0 Å². The lowest BCUT2D eigenvalue weighted by atomic mass is 10.0. The standard InChI is InChI=1S/C24H25N5O3/c1-24(2)23(31)27-19-13-17(5-6-20(19)32-24)22(30)26-11-12-29-14-18(15-7-9-25-10-8-15)21(28-29)16-3-4-16/h5-10,13-14,16H,3-4,11-12H2,1-2H3,(H,26,30)(H,27,31). The van der Waals surface area contributed by atoms with Gasteiger partial charge >= 0.3 is 0 Å². The van der Waals surface area contributed by atoms with Crippen molar-refractivity contribution in [2.75, 3.05) is 11.9 Å². The van der Waals surface area contributed by atoms with E-state index in [2.05, 4.69) is 15.6 Å². The molecule has 3 heterocycles. The van der Waals surface area contributed by atoms with Crippen LogP contribution in [-0.2, 0) is 11.3 Å². The van der Waals surface area contributed by atoms with Crippen LogP contribution in [-0.4, -0.2) is 38.7 Å². The first kappa shape index (κ1) is 20.2.